The fourth-order valence-corrected chi connectivity index (χ4v) is 3.22. The zero-order valence-corrected chi connectivity index (χ0v) is 14.3. The van der Waals surface area contributed by atoms with Gasteiger partial charge in [-0.3, -0.25) is 10.1 Å². The van der Waals surface area contributed by atoms with Gasteiger partial charge in [0, 0.05) is 5.02 Å². The lowest BCUT2D eigenvalue weighted by atomic mass is 10.1. The number of carbonyl (C=O) groups is 1. The van der Waals surface area contributed by atoms with Crippen LogP contribution in [0.25, 0.3) is 10.2 Å². The van der Waals surface area contributed by atoms with Crippen LogP contribution < -0.4 is 10.1 Å². The summed E-state index contributed by atoms with van der Waals surface area (Å²) in [5.41, 5.74) is 3.13. The van der Waals surface area contributed by atoms with Crippen molar-refractivity contribution >= 4 is 44.2 Å². The Hall–Kier alpha value is -2.11. The van der Waals surface area contributed by atoms with E-state index in [1.165, 1.54) is 16.9 Å². The number of rotatable bonds is 4. The first-order valence-electron chi connectivity index (χ1n) is 7.07. The van der Waals surface area contributed by atoms with Gasteiger partial charge in [-0.15, -0.1) is 0 Å². The lowest BCUT2D eigenvalue weighted by Crippen LogP contribution is -2.20. The highest BCUT2D eigenvalue weighted by Gasteiger charge is 2.09. The molecule has 0 fully saturated rings. The van der Waals surface area contributed by atoms with Crippen LogP contribution >= 0.6 is 22.9 Å². The second-order valence-corrected chi connectivity index (χ2v) is 6.68. The van der Waals surface area contributed by atoms with Crippen molar-refractivity contribution in [2.75, 3.05) is 11.9 Å². The summed E-state index contributed by atoms with van der Waals surface area (Å²) in [4.78, 5) is 16.3. The summed E-state index contributed by atoms with van der Waals surface area (Å²) in [5.74, 6) is 0.438. The van der Waals surface area contributed by atoms with Crippen molar-refractivity contribution in [1.82, 2.24) is 4.98 Å². The number of anilines is 1. The van der Waals surface area contributed by atoms with Crippen molar-refractivity contribution in [1.29, 1.82) is 0 Å². The Bertz CT molecular complexity index is 876. The van der Waals surface area contributed by atoms with Gasteiger partial charge in [0.1, 0.15) is 5.75 Å². The van der Waals surface area contributed by atoms with E-state index in [1.54, 1.807) is 6.07 Å². The van der Waals surface area contributed by atoms with Crippen molar-refractivity contribution in [2.45, 2.75) is 13.8 Å². The van der Waals surface area contributed by atoms with Crippen LogP contribution in [0.3, 0.4) is 0 Å². The third kappa shape index (κ3) is 3.81. The minimum Gasteiger partial charge on any atom is -0.484 e. The maximum absolute atomic E-state index is 12.0. The third-order valence-electron chi connectivity index (χ3n) is 3.45. The van der Waals surface area contributed by atoms with Crippen LogP contribution in [-0.2, 0) is 4.79 Å². The van der Waals surface area contributed by atoms with Crippen LogP contribution in [-0.4, -0.2) is 17.5 Å². The molecule has 0 aliphatic carbocycles. The maximum atomic E-state index is 12.0. The standard InChI is InChI=1S/C17H15ClN2O2S/c1-10-3-5-13(7-11(10)2)22-9-16(21)20-17-19-14-6-4-12(18)8-15(14)23-17/h3-8H,9H2,1-2H3,(H,19,20,21). The van der Waals surface area contributed by atoms with Gasteiger partial charge in [-0.1, -0.05) is 29.0 Å². The number of thiazole rings is 1. The second kappa shape index (κ2) is 6.56. The lowest BCUT2D eigenvalue weighted by Gasteiger charge is -2.07. The molecule has 0 radical (unpaired) electrons. The van der Waals surface area contributed by atoms with E-state index in [2.05, 4.69) is 10.3 Å². The van der Waals surface area contributed by atoms with E-state index < -0.39 is 0 Å². The molecule has 0 spiro atoms. The normalized spacial score (nSPS) is 10.7. The summed E-state index contributed by atoms with van der Waals surface area (Å²) < 4.78 is 6.45. The van der Waals surface area contributed by atoms with Gasteiger partial charge in [-0.2, -0.15) is 0 Å². The predicted octanol–water partition coefficient (Wildman–Crippen LogP) is 4.58. The smallest absolute Gasteiger partial charge is 0.264 e. The monoisotopic (exact) mass is 346 g/mol. The van der Waals surface area contributed by atoms with E-state index in [-0.39, 0.29) is 12.5 Å². The first-order valence-corrected chi connectivity index (χ1v) is 8.27. The number of nitrogens with zero attached hydrogens (tertiary/aromatic N) is 1. The summed E-state index contributed by atoms with van der Waals surface area (Å²) in [6, 6.07) is 11.2. The molecule has 1 N–H and O–H groups in total. The number of fused-ring (bicyclic) bond motifs is 1. The molecule has 0 aliphatic rings. The van der Waals surface area contributed by atoms with E-state index in [0.29, 0.717) is 15.9 Å². The van der Waals surface area contributed by atoms with Gasteiger partial charge in [-0.25, -0.2) is 4.98 Å². The van der Waals surface area contributed by atoms with Gasteiger partial charge in [0.05, 0.1) is 10.2 Å². The van der Waals surface area contributed by atoms with Crippen LogP contribution in [0, 0.1) is 13.8 Å². The van der Waals surface area contributed by atoms with Crippen molar-refractivity contribution < 1.29 is 9.53 Å². The number of aromatic nitrogens is 1. The van der Waals surface area contributed by atoms with E-state index in [1.807, 2.05) is 44.2 Å². The van der Waals surface area contributed by atoms with E-state index >= 15 is 0 Å². The second-order valence-electron chi connectivity index (χ2n) is 5.21. The number of aryl methyl sites for hydroxylation is 2. The summed E-state index contributed by atoms with van der Waals surface area (Å²) >= 11 is 7.33. The fourth-order valence-electron chi connectivity index (χ4n) is 2.06. The number of halogens is 1. The van der Waals surface area contributed by atoms with Gasteiger partial charge in [0.25, 0.3) is 5.91 Å². The molecule has 6 heteroatoms. The van der Waals surface area contributed by atoms with E-state index in [9.17, 15) is 4.79 Å². The van der Waals surface area contributed by atoms with Gasteiger partial charge in [0.2, 0.25) is 0 Å². The van der Waals surface area contributed by atoms with E-state index in [0.717, 1.165) is 15.8 Å². The van der Waals surface area contributed by atoms with Crippen molar-refractivity contribution in [3.63, 3.8) is 0 Å². The zero-order chi connectivity index (χ0) is 16.4. The lowest BCUT2D eigenvalue weighted by molar-refractivity contribution is -0.118. The van der Waals surface area contributed by atoms with Gasteiger partial charge < -0.3 is 4.74 Å². The molecule has 3 rings (SSSR count). The van der Waals surface area contributed by atoms with Crippen molar-refractivity contribution in [3.05, 3.63) is 52.5 Å². The average molecular weight is 347 g/mol. The van der Waals surface area contributed by atoms with Gasteiger partial charge in [0.15, 0.2) is 11.7 Å². The molecule has 2 aromatic carbocycles. The number of hydrogen-bond donors (Lipinski definition) is 1. The number of ether oxygens (including phenoxy) is 1. The van der Waals surface area contributed by atoms with Gasteiger partial charge in [-0.05, 0) is 55.3 Å². The first kappa shape index (κ1) is 15.8. The Morgan fingerprint density at radius 3 is 2.83 bits per heavy atom. The highest BCUT2D eigenvalue weighted by Crippen LogP contribution is 2.28. The molecule has 0 atom stereocenters. The van der Waals surface area contributed by atoms with E-state index in [4.69, 9.17) is 16.3 Å². The molecular formula is C17H15ClN2O2S. The first-order chi connectivity index (χ1) is 11.0. The molecule has 1 amide bonds. The quantitative estimate of drug-likeness (QED) is 0.752. The summed E-state index contributed by atoms with van der Waals surface area (Å²) in [6.45, 7) is 3.99. The molecule has 0 aliphatic heterocycles. The third-order valence-corrected chi connectivity index (χ3v) is 4.61. The molecule has 4 nitrogen and oxygen atoms in total. The highest BCUT2D eigenvalue weighted by atomic mass is 35.5. The molecule has 23 heavy (non-hydrogen) atoms. The predicted molar refractivity (Wildman–Crippen MR) is 94.7 cm³/mol. The Morgan fingerprint density at radius 2 is 2.04 bits per heavy atom. The molecule has 0 saturated heterocycles. The molecule has 118 valence electrons. The summed E-state index contributed by atoms with van der Waals surface area (Å²) in [7, 11) is 0. The van der Waals surface area contributed by atoms with Crippen LogP contribution in [0.1, 0.15) is 11.1 Å². The molecule has 0 unspecified atom stereocenters. The minimum atomic E-state index is -0.242. The van der Waals surface area contributed by atoms with Crippen molar-refractivity contribution in [3.8, 4) is 5.75 Å². The Kier molecular flexibility index (Phi) is 4.50. The number of nitrogens with one attached hydrogen (secondary N) is 1. The fraction of sp³-hybridized carbons (Fsp3) is 0.176. The number of amides is 1. The Labute approximate surface area is 143 Å². The molecule has 0 bridgehead atoms. The van der Waals surface area contributed by atoms with Crippen LogP contribution in [0.15, 0.2) is 36.4 Å². The van der Waals surface area contributed by atoms with Crippen LogP contribution in [0.2, 0.25) is 5.02 Å². The van der Waals surface area contributed by atoms with Crippen molar-refractivity contribution in [2.24, 2.45) is 0 Å². The molecular weight excluding hydrogens is 332 g/mol. The zero-order valence-electron chi connectivity index (χ0n) is 12.7. The molecule has 3 aromatic rings. The topological polar surface area (TPSA) is 51.2 Å². The largest absolute Gasteiger partial charge is 0.484 e. The SMILES string of the molecule is Cc1ccc(OCC(=O)Nc2nc3ccc(Cl)cc3s2)cc1C. The van der Waals surface area contributed by atoms with Crippen LogP contribution in [0.4, 0.5) is 5.13 Å². The Morgan fingerprint density at radius 1 is 1.22 bits per heavy atom. The molecule has 0 saturated carbocycles. The highest BCUT2D eigenvalue weighted by molar-refractivity contribution is 7.22. The average Bonchev–Trinajstić information content (AvgIpc) is 2.89. The molecule has 1 heterocycles. The number of benzene rings is 2. The minimum absolute atomic E-state index is 0.0564. The van der Waals surface area contributed by atoms with Gasteiger partial charge >= 0.3 is 0 Å². The van der Waals surface area contributed by atoms with Crippen LogP contribution in [0.5, 0.6) is 5.75 Å². The summed E-state index contributed by atoms with van der Waals surface area (Å²) in [6.07, 6.45) is 0. The molecule has 1 aromatic heterocycles. The number of carbonyl (C=O) groups excluding carboxylic acids is 1. The maximum Gasteiger partial charge on any atom is 0.264 e. The number of hydrogen-bond acceptors (Lipinski definition) is 4. The summed E-state index contributed by atoms with van der Waals surface area (Å²) in [5, 5.41) is 3.94. The Balaban J connectivity index is 1.62.